The van der Waals surface area contributed by atoms with E-state index in [-0.39, 0.29) is 17.3 Å². The summed E-state index contributed by atoms with van der Waals surface area (Å²) < 4.78 is 0. The molecule has 0 bridgehead atoms. The van der Waals surface area contributed by atoms with Crippen molar-refractivity contribution in [1.82, 2.24) is 15.5 Å². The van der Waals surface area contributed by atoms with Crippen molar-refractivity contribution in [3.63, 3.8) is 0 Å². The summed E-state index contributed by atoms with van der Waals surface area (Å²) in [4.78, 5) is 11.8. The summed E-state index contributed by atoms with van der Waals surface area (Å²) in [5.41, 5.74) is 6.75. The number of benzene rings is 1. The number of amides is 1. The maximum Gasteiger partial charge on any atom is 0.274 e. The maximum atomic E-state index is 11.8. The second-order valence-electron chi connectivity index (χ2n) is 3.60. The lowest BCUT2D eigenvalue weighted by molar-refractivity contribution is 0.0953. The second-order valence-corrected chi connectivity index (χ2v) is 4.00. The monoisotopic (exact) mass is 262 g/mol. The van der Waals surface area contributed by atoms with E-state index < -0.39 is 0 Å². The summed E-state index contributed by atoms with van der Waals surface area (Å²) >= 11 is 5.97. The molecular weight excluding hydrogens is 252 g/mol. The van der Waals surface area contributed by atoms with Gasteiger partial charge in [0.05, 0.1) is 10.7 Å². The topological polar surface area (TPSA) is 80.9 Å². The zero-order valence-electron chi connectivity index (χ0n) is 9.48. The molecule has 0 radical (unpaired) electrons. The molecule has 0 aliphatic heterocycles. The van der Waals surface area contributed by atoms with Crippen molar-refractivity contribution in [2.45, 2.75) is 0 Å². The van der Waals surface area contributed by atoms with Crippen LogP contribution in [0.15, 0.2) is 30.9 Å². The summed E-state index contributed by atoms with van der Waals surface area (Å²) in [6.45, 7) is 3.85. The number of fused-ring (bicyclic) bond motifs is 1. The highest BCUT2D eigenvalue weighted by Gasteiger charge is 2.15. The van der Waals surface area contributed by atoms with Crippen LogP contribution in [0.2, 0.25) is 5.02 Å². The molecule has 0 unspecified atom stereocenters. The molecule has 1 aromatic carbocycles. The molecule has 6 heteroatoms. The lowest BCUT2D eigenvalue weighted by atomic mass is 10.1. The summed E-state index contributed by atoms with van der Waals surface area (Å²) in [5.74, 6) is -0.387. The number of carbonyl (C=O) groups is 1. The summed E-state index contributed by atoms with van der Waals surface area (Å²) in [7, 11) is 0. The second kappa shape index (κ2) is 5.01. The minimum absolute atomic E-state index is 0.0895. The van der Waals surface area contributed by atoms with Crippen LogP contribution in [0.4, 0.5) is 5.69 Å². The third-order valence-electron chi connectivity index (χ3n) is 2.40. The van der Waals surface area contributed by atoms with Crippen LogP contribution in [0.1, 0.15) is 10.5 Å². The molecule has 2 aromatic rings. The Labute approximate surface area is 109 Å². The van der Waals surface area contributed by atoms with Crippen LogP contribution in [0, 0.1) is 0 Å². The van der Waals surface area contributed by atoms with E-state index in [0.717, 1.165) is 0 Å². The highest BCUT2D eigenvalue weighted by molar-refractivity contribution is 6.35. The molecule has 2 rings (SSSR count). The summed E-state index contributed by atoms with van der Waals surface area (Å²) in [5, 5.41) is 11.4. The lowest BCUT2D eigenvalue weighted by Crippen LogP contribution is -2.25. The average Bonchev–Trinajstić information content (AvgIpc) is 2.37. The van der Waals surface area contributed by atoms with Gasteiger partial charge in [0, 0.05) is 11.9 Å². The van der Waals surface area contributed by atoms with Gasteiger partial charge in [-0.3, -0.25) is 4.79 Å². The van der Waals surface area contributed by atoms with Gasteiger partial charge in [0.25, 0.3) is 5.91 Å². The Morgan fingerprint density at radius 3 is 3.00 bits per heavy atom. The third-order valence-corrected chi connectivity index (χ3v) is 2.71. The lowest BCUT2D eigenvalue weighted by Gasteiger charge is -2.07. The Hall–Kier alpha value is -2.14. The number of aromatic nitrogens is 2. The molecule has 0 atom stereocenters. The smallest absolute Gasteiger partial charge is 0.274 e. The molecular formula is C12H11ClN4O. The van der Waals surface area contributed by atoms with Crippen LogP contribution in [-0.2, 0) is 0 Å². The van der Waals surface area contributed by atoms with E-state index in [9.17, 15) is 4.79 Å². The molecule has 18 heavy (non-hydrogen) atoms. The minimum atomic E-state index is -0.387. The first-order valence-corrected chi connectivity index (χ1v) is 5.62. The molecule has 3 N–H and O–H groups in total. The largest absolute Gasteiger partial charge is 0.396 e. The number of nitrogens with two attached hydrogens (primary N) is 1. The Balaban J connectivity index is 2.51. The fraction of sp³-hybridized carbons (Fsp3) is 0.0833. The number of carbonyl (C=O) groups excluding carboxylic acids is 1. The SMILES string of the molecule is C=CCNC(=O)c1nnc2c(Cl)cccc2c1N. The number of hydrogen-bond donors (Lipinski definition) is 2. The van der Waals surface area contributed by atoms with Crippen LogP contribution in [0.5, 0.6) is 0 Å². The Morgan fingerprint density at radius 1 is 1.50 bits per heavy atom. The molecule has 0 saturated carbocycles. The Bertz CT molecular complexity index is 627. The number of halogens is 1. The molecule has 5 nitrogen and oxygen atoms in total. The van der Waals surface area contributed by atoms with Gasteiger partial charge in [-0.1, -0.05) is 29.8 Å². The molecule has 1 amide bonds. The zero-order valence-corrected chi connectivity index (χ0v) is 10.2. The molecule has 1 heterocycles. The number of nitrogens with one attached hydrogen (secondary N) is 1. The molecule has 0 saturated heterocycles. The van der Waals surface area contributed by atoms with Crippen LogP contribution < -0.4 is 11.1 Å². The molecule has 92 valence electrons. The predicted octanol–water partition coefficient (Wildman–Crippen LogP) is 1.78. The van der Waals surface area contributed by atoms with E-state index in [4.69, 9.17) is 17.3 Å². The van der Waals surface area contributed by atoms with Crippen molar-refractivity contribution < 1.29 is 4.79 Å². The third kappa shape index (κ3) is 2.12. The number of nitrogens with zero attached hydrogens (tertiary/aromatic N) is 2. The first kappa shape index (κ1) is 12.3. The average molecular weight is 263 g/mol. The highest BCUT2D eigenvalue weighted by Crippen LogP contribution is 2.26. The van der Waals surface area contributed by atoms with Crippen molar-refractivity contribution in [3.8, 4) is 0 Å². The van der Waals surface area contributed by atoms with Gasteiger partial charge in [0.2, 0.25) is 0 Å². The molecule has 1 aromatic heterocycles. The Kier molecular flexibility index (Phi) is 3.43. The van der Waals surface area contributed by atoms with Gasteiger partial charge in [-0.15, -0.1) is 16.8 Å². The molecule has 0 fully saturated rings. The first-order valence-electron chi connectivity index (χ1n) is 5.24. The van der Waals surface area contributed by atoms with Crippen LogP contribution in [-0.4, -0.2) is 22.6 Å². The Morgan fingerprint density at radius 2 is 2.28 bits per heavy atom. The van der Waals surface area contributed by atoms with Gasteiger partial charge in [0.1, 0.15) is 5.52 Å². The first-order chi connectivity index (χ1) is 8.65. The van der Waals surface area contributed by atoms with E-state index >= 15 is 0 Å². The van der Waals surface area contributed by atoms with Gasteiger partial charge < -0.3 is 11.1 Å². The quantitative estimate of drug-likeness (QED) is 0.826. The predicted molar refractivity (Wildman–Crippen MR) is 71.5 cm³/mol. The number of anilines is 1. The maximum absolute atomic E-state index is 11.8. The van der Waals surface area contributed by atoms with Gasteiger partial charge in [-0.05, 0) is 6.07 Å². The van der Waals surface area contributed by atoms with E-state index in [2.05, 4.69) is 22.1 Å². The highest BCUT2D eigenvalue weighted by atomic mass is 35.5. The molecule has 0 aliphatic rings. The number of rotatable bonds is 3. The van der Waals surface area contributed by atoms with Gasteiger partial charge in [-0.25, -0.2) is 0 Å². The van der Waals surface area contributed by atoms with Gasteiger partial charge in [-0.2, -0.15) is 0 Å². The zero-order chi connectivity index (χ0) is 13.1. The van der Waals surface area contributed by atoms with Crippen molar-refractivity contribution in [2.75, 3.05) is 12.3 Å². The van der Waals surface area contributed by atoms with E-state index in [1.54, 1.807) is 24.3 Å². The van der Waals surface area contributed by atoms with Crippen LogP contribution in [0.3, 0.4) is 0 Å². The van der Waals surface area contributed by atoms with Crippen molar-refractivity contribution in [2.24, 2.45) is 0 Å². The fourth-order valence-corrected chi connectivity index (χ4v) is 1.74. The fourth-order valence-electron chi connectivity index (χ4n) is 1.53. The normalized spacial score (nSPS) is 10.3. The van der Waals surface area contributed by atoms with E-state index in [1.165, 1.54) is 0 Å². The van der Waals surface area contributed by atoms with Gasteiger partial charge in [0.15, 0.2) is 5.69 Å². The van der Waals surface area contributed by atoms with Gasteiger partial charge >= 0.3 is 0 Å². The summed E-state index contributed by atoms with van der Waals surface area (Å²) in [6.07, 6.45) is 1.57. The van der Waals surface area contributed by atoms with E-state index in [0.29, 0.717) is 22.5 Å². The van der Waals surface area contributed by atoms with Crippen molar-refractivity contribution in [3.05, 3.63) is 41.6 Å². The standard InChI is InChI=1S/C12H11ClN4O/c1-2-6-15-12(18)11-9(14)7-4-3-5-8(13)10(7)16-17-11/h2-5H,1,6H2,(H2,14,16)(H,15,18). The number of nitrogen functional groups attached to an aromatic ring is 1. The van der Waals surface area contributed by atoms with Crippen molar-refractivity contribution >= 4 is 34.1 Å². The van der Waals surface area contributed by atoms with Crippen molar-refractivity contribution in [1.29, 1.82) is 0 Å². The molecule has 0 aliphatic carbocycles. The molecule has 0 spiro atoms. The summed E-state index contributed by atoms with van der Waals surface area (Å²) in [6, 6.07) is 5.18. The van der Waals surface area contributed by atoms with Crippen LogP contribution >= 0.6 is 11.6 Å². The van der Waals surface area contributed by atoms with E-state index in [1.807, 2.05) is 0 Å². The van der Waals surface area contributed by atoms with Crippen LogP contribution in [0.25, 0.3) is 10.9 Å². The number of hydrogen-bond acceptors (Lipinski definition) is 4. The minimum Gasteiger partial charge on any atom is -0.396 e.